The molecule has 3 nitrogen and oxygen atoms in total. The van der Waals surface area contributed by atoms with Gasteiger partial charge in [-0.05, 0) is 35.6 Å². The SMILES string of the molecule is CCn1nccc1C(=O)/C=C/c1ccc(C(C)(C)C)cc1. The molecule has 0 unspecified atom stereocenters. The highest BCUT2D eigenvalue weighted by atomic mass is 16.1. The minimum Gasteiger partial charge on any atom is -0.288 e. The lowest BCUT2D eigenvalue weighted by molar-refractivity contribution is 0.103. The third-order valence-corrected chi connectivity index (χ3v) is 3.47. The molecule has 1 aromatic carbocycles. The van der Waals surface area contributed by atoms with Crippen LogP contribution in [0.3, 0.4) is 0 Å². The Balaban J connectivity index is 2.13. The van der Waals surface area contributed by atoms with E-state index in [2.05, 4.69) is 38.0 Å². The fourth-order valence-corrected chi connectivity index (χ4v) is 2.15. The zero-order valence-electron chi connectivity index (χ0n) is 13.1. The third kappa shape index (κ3) is 3.69. The minimum absolute atomic E-state index is 0.0192. The summed E-state index contributed by atoms with van der Waals surface area (Å²) in [7, 11) is 0. The van der Waals surface area contributed by atoms with Gasteiger partial charge in [0.25, 0.3) is 0 Å². The van der Waals surface area contributed by atoms with Crippen molar-refractivity contribution in [2.75, 3.05) is 0 Å². The van der Waals surface area contributed by atoms with E-state index in [-0.39, 0.29) is 11.2 Å². The molecule has 0 amide bonds. The van der Waals surface area contributed by atoms with E-state index in [1.54, 1.807) is 23.0 Å². The predicted molar refractivity (Wildman–Crippen MR) is 86.4 cm³/mol. The summed E-state index contributed by atoms with van der Waals surface area (Å²) in [5.41, 5.74) is 3.08. The zero-order valence-corrected chi connectivity index (χ0v) is 13.1. The maximum Gasteiger partial charge on any atom is 0.203 e. The van der Waals surface area contributed by atoms with E-state index in [0.717, 1.165) is 5.56 Å². The van der Waals surface area contributed by atoms with Crippen molar-refractivity contribution in [3.05, 3.63) is 59.4 Å². The molecule has 1 aromatic heterocycles. The second-order valence-corrected chi connectivity index (χ2v) is 6.10. The Morgan fingerprint density at radius 2 is 1.86 bits per heavy atom. The van der Waals surface area contributed by atoms with Crippen molar-refractivity contribution in [2.24, 2.45) is 0 Å². The molecule has 21 heavy (non-hydrogen) atoms. The van der Waals surface area contributed by atoms with Gasteiger partial charge >= 0.3 is 0 Å². The van der Waals surface area contributed by atoms with Crippen LogP contribution in [0.4, 0.5) is 0 Å². The lowest BCUT2D eigenvalue weighted by Gasteiger charge is -2.18. The molecule has 0 saturated heterocycles. The van der Waals surface area contributed by atoms with Crippen LogP contribution >= 0.6 is 0 Å². The minimum atomic E-state index is -0.0192. The van der Waals surface area contributed by atoms with Gasteiger partial charge in [0.2, 0.25) is 5.78 Å². The number of hydrogen-bond acceptors (Lipinski definition) is 2. The fraction of sp³-hybridized carbons (Fsp3) is 0.333. The monoisotopic (exact) mass is 282 g/mol. The highest BCUT2D eigenvalue weighted by Gasteiger charge is 2.12. The molecule has 0 N–H and O–H groups in total. The van der Waals surface area contributed by atoms with Crippen LogP contribution in [0.25, 0.3) is 6.08 Å². The summed E-state index contributed by atoms with van der Waals surface area (Å²) in [6.45, 7) is 9.23. The highest BCUT2D eigenvalue weighted by Crippen LogP contribution is 2.22. The number of aromatic nitrogens is 2. The van der Waals surface area contributed by atoms with Gasteiger partial charge in [-0.1, -0.05) is 51.1 Å². The molecule has 0 bridgehead atoms. The number of rotatable bonds is 4. The largest absolute Gasteiger partial charge is 0.288 e. The topological polar surface area (TPSA) is 34.9 Å². The van der Waals surface area contributed by atoms with E-state index in [9.17, 15) is 4.79 Å². The van der Waals surface area contributed by atoms with Gasteiger partial charge in [-0.25, -0.2) is 0 Å². The summed E-state index contributed by atoms with van der Waals surface area (Å²) in [5.74, 6) is -0.0192. The van der Waals surface area contributed by atoms with Gasteiger partial charge in [0, 0.05) is 12.7 Å². The number of carbonyl (C=O) groups excluding carboxylic acids is 1. The summed E-state index contributed by atoms with van der Waals surface area (Å²) in [6, 6.07) is 10.1. The van der Waals surface area contributed by atoms with E-state index < -0.39 is 0 Å². The van der Waals surface area contributed by atoms with Gasteiger partial charge in [0.1, 0.15) is 5.69 Å². The molecule has 0 saturated carbocycles. The Morgan fingerprint density at radius 1 is 1.19 bits per heavy atom. The number of allylic oxidation sites excluding steroid dienone is 1. The zero-order chi connectivity index (χ0) is 15.5. The average molecular weight is 282 g/mol. The Bertz CT molecular complexity index is 643. The lowest BCUT2D eigenvalue weighted by Crippen LogP contribution is -2.10. The summed E-state index contributed by atoms with van der Waals surface area (Å²) < 4.78 is 1.70. The molecular formula is C18H22N2O. The van der Waals surface area contributed by atoms with E-state index >= 15 is 0 Å². The molecule has 1 heterocycles. The van der Waals surface area contributed by atoms with Gasteiger partial charge in [-0.2, -0.15) is 5.10 Å². The Hall–Kier alpha value is -2.16. The predicted octanol–water partition coefficient (Wildman–Crippen LogP) is 4.10. The third-order valence-electron chi connectivity index (χ3n) is 3.47. The molecule has 0 aliphatic rings. The number of carbonyl (C=O) groups is 1. The van der Waals surface area contributed by atoms with Gasteiger partial charge in [0.05, 0.1) is 0 Å². The van der Waals surface area contributed by atoms with Crippen LogP contribution in [0.2, 0.25) is 0 Å². The van der Waals surface area contributed by atoms with Crippen LogP contribution < -0.4 is 0 Å². The first-order valence-corrected chi connectivity index (χ1v) is 7.26. The Morgan fingerprint density at radius 3 is 2.43 bits per heavy atom. The van der Waals surface area contributed by atoms with Crippen molar-refractivity contribution in [3.63, 3.8) is 0 Å². The van der Waals surface area contributed by atoms with E-state index in [1.807, 2.05) is 25.1 Å². The van der Waals surface area contributed by atoms with Crippen LogP contribution in [-0.4, -0.2) is 15.6 Å². The van der Waals surface area contributed by atoms with Crippen molar-refractivity contribution in [1.29, 1.82) is 0 Å². The molecule has 2 rings (SSSR count). The standard InChI is InChI=1S/C18H22N2O/c1-5-20-16(12-13-19-20)17(21)11-8-14-6-9-15(10-7-14)18(2,3)4/h6-13H,5H2,1-4H3/b11-8+. The van der Waals surface area contributed by atoms with Crippen LogP contribution in [0.5, 0.6) is 0 Å². The van der Waals surface area contributed by atoms with Crippen molar-refractivity contribution in [3.8, 4) is 0 Å². The first-order chi connectivity index (χ1) is 9.91. The summed E-state index contributed by atoms with van der Waals surface area (Å²) in [5, 5.41) is 4.11. The first kappa shape index (κ1) is 15.2. The molecule has 0 aliphatic carbocycles. The Labute approximate surface area is 126 Å². The van der Waals surface area contributed by atoms with Gasteiger partial charge in [-0.15, -0.1) is 0 Å². The van der Waals surface area contributed by atoms with Crippen LogP contribution in [0, 0.1) is 0 Å². The van der Waals surface area contributed by atoms with Crippen LogP contribution in [-0.2, 0) is 12.0 Å². The summed E-state index contributed by atoms with van der Waals surface area (Å²) in [6.07, 6.45) is 5.11. The van der Waals surface area contributed by atoms with E-state index in [4.69, 9.17) is 0 Å². The maximum absolute atomic E-state index is 12.1. The Kier molecular flexibility index (Phi) is 4.41. The molecule has 0 spiro atoms. The molecule has 2 aromatic rings. The quantitative estimate of drug-likeness (QED) is 0.625. The van der Waals surface area contributed by atoms with Crippen molar-refractivity contribution in [2.45, 2.75) is 39.7 Å². The van der Waals surface area contributed by atoms with E-state index in [0.29, 0.717) is 12.2 Å². The molecular weight excluding hydrogens is 260 g/mol. The van der Waals surface area contributed by atoms with Crippen molar-refractivity contribution < 1.29 is 4.79 Å². The van der Waals surface area contributed by atoms with Gasteiger partial charge in [-0.3, -0.25) is 9.48 Å². The van der Waals surface area contributed by atoms with Crippen molar-refractivity contribution >= 4 is 11.9 Å². The normalized spacial score (nSPS) is 12.0. The van der Waals surface area contributed by atoms with E-state index in [1.165, 1.54) is 5.56 Å². The average Bonchev–Trinajstić information content (AvgIpc) is 2.92. The van der Waals surface area contributed by atoms with Crippen LogP contribution in [0.1, 0.15) is 49.3 Å². The van der Waals surface area contributed by atoms with Crippen LogP contribution in [0.15, 0.2) is 42.6 Å². The molecule has 0 radical (unpaired) electrons. The number of benzene rings is 1. The lowest BCUT2D eigenvalue weighted by atomic mass is 9.87. The molecule has 0 fully saturated rings. The number of nitrogens with zero attached hydrogens (tertiary/aromatic N) is 2. The number of aryl methyl sites for hydroxylation is 1. The smallest absolute Gasteiger partial charge is 0.203 e. The summed E-state index contributed by atoms with van der Waals surface area (Å²) >= 11 is 0. The first-order valence-electron chi connectivity index (χ1n) is 7.26. The molecule has 110 valence electrons. The summed E-state index contributed by atoms with van der Waals surface area (Å²) in [4.78, 5) is 12.1. The van der Waals surface area contributed by atoms with Gasteiger partial charge < -0.3 is 0 Å². The number of hydrogen-bond donors (Lipinski definition) is 0. The maximum atomic E-state index is 12.1. The fourth-order valence-electron chi connectivity index (χ4n) is 2.15. The molecule has 0 aliphatic heterocycles. The van der Waals surface area contributed by atoms with Gasteiger partial charge in [0.15, 0.2) is 0 Å². The van der Waals surface area contributed by atoms with Crippen molar-refractivity contribution in [1.82, 2.24) is 9.78 Å². The highest BCUT2D eigenvalue weighted by molar-refractivity contribution is 6.05. The second kappa shape index (κ2) is 6.08. The molecule has 0 atom stereocenters. The number of ketones is 1. The second-order valence-electron chi connectivity index (χ2n) is 6.10. The molecule has 3 heteroatoms.